The predicted molar refractivity (Wildman–Crippen MR) is 66.2 cm³/mol. The lowest BCUT2D eigenvalue weighted by molar-refractivity contribution is 0.198. The number of methoxy groups -OCH3 is 1. The van der Waals surface area contributed by atoms with Crippen LogP contribution in [-0.2, 0) is 16.6 Å². The Hall–Kier alpha value is -0.800. The molecule has 0 aromatic carbocycles. The van der Waals surface area contributed by atoms with E-state index >= 15 is 0 Å². The molecule has 2 aliphatic carbocycles. The Kier molecular flexibility index (Phi) is 2.97. The summed E-state index contributed by atoms with van der Waals surface area (Å²) < 4.78 is 10.6. The van der Waals surface area contributed by atoms with Gasteiger partial charge in [-0.1, -0.05) is 0 Å². The van der Waals surface area contributed by atoms with Crippen LogP contribution in [0.4, 0.5) is 0 Å². The van der Waals surface area contributed by atoms with E-state index < -0.39 is 0 Å². The largest absolute Gasteiger partial charge is 0.469 e. The molecule has 3 rings (SSSR count). The lowest BCUT2D eigenvalue weighted by Crippen LogP contribution is -2.26. The molecule has 17 heavy (non-hydrogen) atoms. The van der Waals surface area contributed by atoms with Crippen LogP contribution in [0.2, 0.25) is 0 Å². The van der Waals surface area contributed by atoms with Crippen LogP contribution in [0.5, 0.6) is 0 Å². The molecule has 1 fully saturated rings. The molecular weight excluding hydrogens is 214 g/mol. The van der Waals surface area contributed by atoms with E-state index in [-0.39, 0.29) is 0 Å². The van der Waals surface area contributed by atoms with Crippen LogP contribution in [-0.4, -0.2) is 26.8 Å². The highest BCUT2D eigenvalue weighted by Crippen LogP contribution is 2.60. The lowest BCUT2D eigenvalue weighted by Gasteiger charge is -2.22. The van der Waals surface area contributed by atoms with Crippen LogP contribution in [0.3, 0.4) is 0 Å². The molecule has 2 unspecified atom stereocenters. The summed E-state index contributed by atoms with van der Waals surface area (Å²) in [6, 6.07) is 2.20. The fourth-order valence-electron chi connectivity index (χ4n) is 3.41. The van der Waals surface area contributed by atoms with Gasteiger partial charge in [-0.05, 0) is 37.8 Å². The first-order valence-corrected chi connectivity index (χ1v) is 6.63. The Bertz CT molecular complexity index is 387. The SMILES string of the molecule is COCCNCC1CC12CCCc1occc12. The van der Waals surface area contributed by atoms with Crippen LogP contribution in [0, 0.1) is 5.92 Å². The van der Waals surface area contributed by atoms with E-state index in [1.165, 1.54) is 30.6 Å². The highest BCUT2D eigenvalue weighted by Gasteiger charge is 2.56. The molecule has 0 saturated heterocycles. The van der Waals surface area contributed by atoms with Gasteiger partial charge in [-0.3, -0.25) is 0 Å². The van der Waals surface area contributed by atoms with Gasteiger partial charge in [0.25, 0.3) is 0 Å². The molecule has 0 bridgehead atoms. The molecule has 2 atom stereocenters. The summed E-state index contributed by atoms with van der Waals surface area (Å²) in [7, 11) is 1.75. The van der Waals surface area contributed by atoms with Crippen LogP contribution in [0.25, 0.3) is 0 Å². The maximum atomic E-state index is 5.58. The van der Waals surface area contributed by atoms with Gasteiger partial charge in [0.1, 0.15) is 5.76 Å². The molecule has 0 amide bonds. The second-order valence-electron chi connectivity index (χ2n) is 5.37. The smallest absolute Gasteiger partial charge is 0.107 e. The first kappa shape index (κ1) is 11.3. The molecule has 3 nitrogen and oxygen atoms in total. The molecule has 0 radical (unpaired) electrons. The third-order valence-electron chi connectivity index (χ3n) is 4.41. The zero-order valence-corrected chi connectivity index (χ0v) is 10.5. The fraction of sp³-hybridized carbons (Fsp3) is 0.714. The number of rotatable bonds is 5. The third kappa shape index (κ3) is 1.91. The summed E-state index contributed by atoms with van der Waals surface area (Å²) in [6.07, 6.45) is 6.96. The van der Waals surface area contributed by atoms with Gasteiger partial charge in [-0.25, -0.2) is 0 Å². The van der Waals surface area contributed by atoms with Gasteiger partial charge in [0.2, 0.25) is 0 Å². The summed E-state index contributed by atoms with van der Waals surface area (Å²) in [5, 5.41) is 3.49. The van der Waals surface area contributed by atoms with Gasteiger partial charge in [-0.15, -0.1) is 0 Å². The summed E-state index contributed by atoms with van der Waals surface area (Å²) in [4.78, 5) is 0. The quantitative estimate of drug-likeness (QED) is 0.794. The van der Waals surface area contributed by atoms with Crippen LogP contribution < -0.4 is 5.32 Å². The van der Waals surface area contributed by atoms with Crippen molar-refractivity contribution in [2.24, 2.45) is 5.92 Å². The molecule has 0 aliphatic heterocycles. The number of nitrogens with one attached hydrogen (secondary N) is 1. The zero-order chi connectivity index (χ0) is 11.7. The normalized spacial score (nSPS) is 30.5. The molecule has 1 saturated carbocycles. The van der Waals surface area contributed by atoms with Crippen molar-refractivity contribution < 1.29 is 9.15 Å². The Labute approximate surface area is 103 Å². The number of fused-ring (bicyclic) bond motifs is 2. The summed E-state index contributed by atoms with van der Waals surface area (Å²) in [6.45, 7) is 2.88. The Morgan fingerprint density at radius 3 is 3.41 bits per heavy atom. The zero-order valence-electron chi connectivity index (χ0n) is 10.5. The minimum Gasteiger partial charge on any atom is -0.469 e. The van der Waals surface area contributed by atoms with Gasteiger partial charge >= 0.3 is 0 Å². The number of aryl methyl sites for hydroxylation is 1. The summed E-state index contributed by atoms with van der Waals surface area (Å²) in [5.74, 6) is 2.05. The molecular formula is C14H21NO2. The summed E-state index contributed by atoms with van der Waals surface area (Å²) >= 11 is 0. The van der Waals surface area contributed by atoms with E-state index in [1.54, 1.807) is 7.11 Å². The molecule has 1 N–H and O–H groups in total. The summed E-state index contributed by atoms with van der Waals surface area (Å²) in [5.41, 5.74) is 1.96. The van der Waals surface area contributed by atoms with E-state index in [0.29, 0.717) is 5.41 Å². The van der Waals surface area contributed by atoms with Crippen molar-refractivity contribution in [1.29, 1.82) is 0 Å². The van der Waals surface area contributed by atoms with Crippen molar-refractivity contribution in [2.45, 2.75) is 31.1 Å². The molecule has 2 aliphatic rings. The predicted octanol–water partition coefficient (Wildman–Crippen LogP) is 2.11. The number of ether oxygens (including phenoxy) is 1. The van der Waals surface area contributed by atoms with Crippen molar-refractivity contribution in [1.82, 2.24) is 5.32 Å². The second-order valence-corrected chi connectivity index (χ2v) is 5.37. The Morgan fingerprint density at radius 2 is 2.53 bits per heavy atom. The molecule has 1 heterocycles. The van der Waals surface area contributed by atoms with Crippen molar-refractivity contribution in [3.8, 4) is 0 Å². The van der Waals surface area contributed by atoms with Crippen molar-refractivity contribution >= 4 is 0 Å². The van der Waals surface area contributed by atoms with E-state index in [4.69, 9.17) is 9.15 Å². The fourth-order valence-corrected chi connectivity index (χ4v) is 3.41. The molecule has 94 valence electrons. The maximum Gasteiger partial charge on any atom is 0.107 e. The first-order chi connectivity index (χ1) is 8.37. The third-order valence-corrected chi connectivity index (χ3v) is 4.41. The first-order valence-electron chi connectivity index (χ1n) is 6.63. The highest BCUT2D eigenvalue weighted by molar-refractivity contribution is 5.38. The number of hydrogen-bond donors (Lipinski definition) is 1. The topological polar surface area (TPSA) is 34.4 Å². The van der Waals surface area contributed by atoms with Crippen molar-refractivity contribution in [3.05, 3.63) is 23.7 Å². The molecule has 1 aromatic rings. The van der Waals surface area contributed by atoms with E-state index in [9.17, 15) is 0 Å². The Morgan fingerprint density at radius 1 is 1.59 bits per heavy atom. The van der Waals surface area contributed by atoms with E-state index in [0.717, 1.165) is 32.0 Å². The van der Waals surface area contributed by atoms with Gasteiger partial charge in [0, 0.05) is 31.1 Å². The lowest BCUT2D eigenvalue weighted by atomic mass is 9.82. The van der Waals surface area contributed by atoms with Crippen LogP contribution in [0.15, 0.2) is 16.7 Å². The highest BCUT2D eigenvalue weighted by atomic mass is 16.5. The maximum absolute atomic E-state index is 5.58. The van der Waals surface area contributed by atoms with Gasteiger partial charge in [0.05, 0.1) is 12.9 Å². The van der Waals surface area contributed by atoms with Crippen LogP contribution in [0.1, 0.15) is 30.6 Å². The van der Waals surface area contributed by atoms with Gasteiger partial charge < -0.3 is 14.5 Å². The van der Waals surface area contributed by atoms with Gasteiger partial charge in [0.15, 0.2) is 0 Å². The van der Waals surface area contributed by atoms with Crippen molar-refractivity contribution in [2.75, 3.05) is 26.8 Å². The monoisotopic (exact) mass is 235 g/mol. The Balaban J connectivity index is 1.60. The minimum atomic E-state index is 0.459. The molecule has 3 heteroatoms. The van der Waals surface area contributed by atoms with Gasteiger partial charge in [-0.2, -0.15) is 0 Å². The minimum absolute atomic E-state index is 0.459. The molecule has 1 spiro atoms. The average Bonchev–Trinajstić information content (AvgIpc) is 2.80. The second kappa shape index (κ2) is 4.46. The number of hydrogen-bond acceptors (Lipinski definition) is 3. The van der Waals surface area contributed by atoms with E-state index in [1.807, 2.05) is 6.26 Å². The van der Waals surface area contributed by atoms with E-state index in [2.05, 4.69) is 11.4 Å². The number of furan rings is 1. The van der Waals surface area contributed by atoms with Crippen molar-refractivity contribution in [3.63, 3.8) is 0 Å². The molecule has 1 aromatic heterocycles. The van der Waals surface area contributed by atoms with Crippen LogP contribution >= 0.6 is 0 Å². The standard InChI is InChI=1S/C14H21NO2/c1-16-8-6-15-10-11-9-14(11)5-2-3-13-12(14)4-7-17-13/h4,7,11,15H,2-3,5-6,8-10H2,1H3. The average molecular weight is 235 g/mol.